The number of aryl methyl sites for hydroxylation is 1. The van der Waals surface area contributed by atoms with E-state index in [1.165, 1.54) is 14.2 Å². The fraction of sp³-hybridized carbons (Fsp3) is 0.312. The summed E-state index contributed by atoms with van der Waals surface area (Å²) in [5.74, 6) is 0. The van der Waals surface area contributed by atoms with Gasteiger partial charge in [0.15, 0.2) is 12.6 Å². The van der Waals surface area contributed by atoms with Crippen molar-refractivity contribution >= 4 is 12.4 Å². The molecule has 5 nitrogen and oxygen atoms in total. The van der Waals surface area contributed by atoms with Crippen LogP contribution < -0.4 is 0 Å². The minimum Gasteiger partial charge on any atom is -0.355 e. The molecule has 0 aliphatic rings. The van der Waals surface area contributed by atoms with E-state index >= 15 is 0 Å². The maximum absolute atomic E-state index is 10.4. The molecule has 0 unspecified atom stereocenters. The van der Waals surface area contributed by atoms with Gasteiger partial charge in [-0.25, -0.2) is 0 Å². The Kier molecular flexibility index (Phi) is 10.0. The summed E-state index contributed by atoms with van der Waals surface area (Å²) in [6.45, 7) is 1.94. The smallest absolute Gasteiger partial charge is 0.169 e. The Morgan fingerprint density at radius 2 is 1.90 bits per heavy atom. The second-order valence-corrected chi connectivity index (χ2v) is 3.95. The van der Waals surface area contributed by atoms with E-state index in [1.54, 1.807) is 6.08 Å². The first-order chi connectivity index (χ1) is 10.1. The molecule has 1 aromatic rings. The van der Waals surface area contributed by atoms with Crippen LogP contribution in [0.1, 0.15) is 17.5 Å². The van der Waals surface area contributed by atoms with Gasteiger partial charge in [-0.2, -0.15) is 10.5 Å². The van der Waals surface area contributed by atoms with E-state index in [4.69, 9.17) is 20.0 Å². The molecule has 0 atom stereocenters. The highest BCUT2D eigenvalue weighted by atomic mass is 16.7. The summed E-state index contributed by atoms with van der Waals surface area (Å²) in [6, 6.07) is 11.3. The fourth-order valence-corrected chi connectivity index (χ4v) is 1.35. The molecule has 0 fully saturated rings. The van der Waals surface area contributed by atoms with Crippen molar-refractivity contribution in [2.45, 2.75) is 19.6 Å². The monoisotopic (exact) mass is 286 g/mol. The molecule has 0 aliphatic heterocycles. The van der Waals surface area contributed by atoms with Crippen molar-refractivity contribution in [2.75, 3.05) is 14.2 Å². The number of aldehydes is 1. The van der Waals surface area contributed by atoms with Crippen molar-refractivity contribution in [2.24, 2.45) is 0 Å². The third kappa shape index (κ3) is 7.64. The Bertz CT molecular complexity index is 549. The van der Waals surface area contributed by atoms with E-state index in [2.05, 4.69) is 0 Å². The lowest BCUT2D eigenvalue weighted by Crippen LogP contribution is -2.10. The van der Waals surface area contributed by atoms with Gasteiger partial charge >= 0.3 is 0 Å². The molecule has 0 radical (unpaired) electrons. The lowest BCUT2D eigenvalue weighted by atomic mass is 10.1. The first-order valence-electron chi connectivity index (χ1n) is 6.18. The number of nitriles is 2. The molecule has 0 amide bonds. The average molecular weight is 286 g/mol. The van der Waals surface area contributed by atoms with E-state index in [1.807, 2.05) is 43.3 Å². The molecular formula is C16H18N2O3. The van der Waals surface area contributed by atoms with Crippen LogP contribution in [0.4, 0.5) is 0 Å². The molecule has 0 N–H and O–H groups in total. The maximum Gasteiger partial charge on any atom is 0.169 e. The normalized spacial score (nSPS) is 10.1. The van der Waals surface area contributed by atoms with E-state index in [9.17, 15) is 4.79 Å². The van der Waals surface area contributed by atoms with E-state index in [0.717, 1.165) is 11.1 Å². The average Bonchev–Trinajstić information content (AvgIpc) is 2.52. The first kappa shape index (κ1) is 18.5. The highest BCUT2D eigenvalue weighted by molar-refractivity contribution is 5.87. The molecule has 0 saturated heterocycles. The van der Waals surface area contributed by atoms with Crippen LogP contribution in [-0.4, -0.2) is 26.8 Å². The maximum atomic E-state index is 10.4. The zero-order valence-corrected chi connectivity index (χ0v) is 12.4. The number of carbonyl (C=O) groups is 1. The molecule has 1 aromatic carbocycles. The quantitative estimate of drug-likeness (QED) is 0.359. The summed E-state index contributed by atoms with van der Waals surface area (Å²) < 4.78 is 9.39. The third-order valence-electron chi connectivity index (χ3n) is 2.54. The summed E-state index contributed by atoms with van der Waals surface area (Å²) in [5.41, 5.74) is 2.11. The molecule has 0 bridgehead atoms. The van der Waals surface area contributed by atoms with Crippen LogP contribution in [0.3, 0.4) is 0 Å². The summed E-state index contributed by atoms with van der Waals surface area (Å²) in [4.78, 5) is 10.4. The highest BCUT2D eigenvalue weighted by Gasteiger charge is 2.00. The van der Waals surface area contributed by atoms with Gasteiger partial charge < -0.3 is 9.47 Å². The molecule has 0 aliphatic carbocycles. The van der Waals surface area contributed by atoms with Crippen LogP contribution in [0.2, 0.25) is 0 Å². The predicted octanol–water partition coefficient (Wildman–Crippen LogP) is 2.62. The van der Waals surface area contributed by atoms with Gasteiger partial charge in [0.2, 0.25) is 0 Å². The third-order valence-corrected chi connectivity index (χ3v) is 2.54. The van der Waals surface area contributed by atoms with Crippen molar-refractivity contribution < 1.29 is 14.3 Å². The van der Waals surface area contributed by atoms with Crippen molar-refractivity contribution in [3.05, 3.63) is 41.0 Å². The van der Waals surface area contributed by atoms with Gasteiger partial charge in [-0.05, 0) is 24.1 Å². The number of allylic oxidation sites excluding steroid dienone is 1. The summed E-state index contributed by atoms with van der Waals surface area (Å²) in [7, 11) is 3.01. The van der Waals surface area contributed by atoms with Gasteiger partial charge in [0, 0.05) is 14.2 Å². The van der Waals surface area contributed by atoms with Crippen LogP contribution >= 0.6 is 0 Å². The van der Waals surface area contributed by atoms with E-state index in [-0.39, 0.29) is 18.3 Å². The Morgan fingerprint density at radius 3 is 2.29 bits per heavy atom. The number of methoxy groups -OCH3 is 2. The summed E-state index contributed by atoms with van der Waals surface area (Å²) in [6.07, 6.45) is 2.07. The number of nitrogens with zero attached hydrogens (tertiary/aromatic N) is 2. The lowest BCUT2D eigenvalue weighted by Gasteiger charge is -2.06. The van der Waals surface area contributed by atoms with Crippen molar-refractivity contribution in [1.29, 1.82) is 10.5 Å². The van der Waals surface area contributed by atoms with Gasteiger partial charge in [-0.15, -0.1) is 0 Å². The topological polar surface area (TPSA) is 83.1 Å². The number of rotatable bonds is 5. The van der Waals surface area contributed by atoms with Gasteiger partial charge in [0.1, 0.15) is 6.07 Å². The molecule has 0 aromatic heterocycles. The van der Waals surface area contributed by atoms with Gasteiger partial charge in [0.25, 0.3) is 0 Å². The van der Waals surface area contributed by atoms with Crippen molar-refractivity contribution in [3.8, 4) is 12.1 Å². The fourth-order valence-electron chi connectivity index (χ4n) is 1.35. The number of carbonyl (C=O) groups excluding carboxylic acids is 1. The predicted molar refractivity (Wildman–Crippen MR) is 78.9 cm³/mol. The Hall–Kier alpha value is -2.47. The van der Waals surface area contributed by atoms with Crippen molar-refractivity contribution in [1.82, 2.24) is 0 Å². The minimum atomic E-state index is -0.361. The SMILES string of the molecule is COC(CC#N)OC.Cc1ccccc1C=C(C#N)C=O. The molecular weight excluding hydrogens is 268 g/mol. The molecule has 0 spiro atoms. The van der Waals surface area contributed by atoms with E-state index < -0.39 is 0 Å². The molecule has 21 heavy (non-hydrogen) atoms. The van der Waals surface area contributed by atoms with Gasteiger partial charge in [-0.3, -0.25) is 4.79 Å². The van der Waals surface area contributed by atoms with Crippen LogP contribution in [0, 0.1) is 29.6 Å². The van der Waals surface area contributed by atoms with Crippen LogP contribution in [0.5, 0.6) is 0 Å². The Morgan fingerprint density at radius 1 is 1.29 bits per heavy atom. The summed E-state index contributed by atoms with van der Waals surface area (Å²) >= 11 is 0. The molecule has 5 heteroatoms. The van der Waals surface area contributed by atoms with Crippen molar-refractivity contribution in [3.63, 3.8) is 0 Å². The number of hydrogen-bond acceptors (Lipinski definition) is 5. The largest absolute Gasteiger partial charge is 0.355 e. The molecule has 110 valence electrons. The zero-order valence-electron chi connectivity index (χ0n) is 12.4. The van der Waals surface area contributed by atoms with Crippen LogP contribution in [-0.2, 0) is 14.3 Å². The standard InChI is InChI=1S/C11H9NO.C5H9NO2/c1-9-4-2-3-5-11(9)6-10(7-12)8-13;1-7-5(8-2)3-4-6/h2-6,8H,1H3;5H,3H2,1-2H3. The molecule has 0 heterocycles. The Labute approximate surface area is 125 Å². The van der Waals surface area contributed by atoms with Crippen LogP contribution in [0.25, 0.3) is 6.08 Å². The highest BCUT2D eigenvalue weighted by Crippen LogP contribution is 2.10. The lowest BCUT2D eigenvalue weighted by molar-refractivity contribution is -0.104. The Balaban J connectivity index is 0.000000433. The molecule has 0 saturated carbocycles. The second-order valence-electron chi connectivity index (χ2n) is 3.95. The van der Waals surface area contributed by atoms with Gasteiger partial charge in [0.05, 0.1) is 18.1 Å². The van der Waals surface area contributed by atoms with Crippen LogP contribution in [0.15, 0.2) is 29.8 Å². The van der Waals surface area contributed by atoms with Gasteiger partial charge in [-0.1, -0.05) is 24.3 Å². The number of ether oxygens (including phenoxy) is 2. The summed E-state index contributed by atoms with van der Waals surface area (Å²) in [5, 5.41) is 16.6. The second kappa shape index (κ2) is 11.4. The first-order valence-corrected chi connectivity index (χ1v) is 6.18. The zero-order chi connectivity index (χ0) is 16.1. The van der Waals surface area contributed by atoms with E-state index in [0.29, 0.717) is 6.29 Å². The number of benzene rings is 1. The minimum absolute atomic E-state index is 0.148. The number of hydrogen-bond donors (Lipinski definition) is 0. The molecule has 1 rings (SSSR count).